The van der Waals surface area contributed by atoms with E-state index in [4.69, 9.17) is 30.6 Å². The van der Waals surface area contributed by atoms with Crippen LogP contribution in [0.4, 0.5) is 0 Å². The first-order chi connectivity index (χ1) is 18.0. The molecule has 3 aromatic rings. The SMILES string of the molecule is Cc1ccccc1C1=CC=CC(COc2ccc(C=O)cc2Cl)(c2noc(CN3CCOCC3)n2)C1C. The smallest absolute Gasteiger partial charge is 0.240 e. The van der Waals surface area contributed by atoms with Crippen molar-refractivity contribution >= 4 is 23.5 Å². The number of nitrogens with zero attached hydrogens (tertiary/aromatic N) is 3. The Morgan fingerprint density at radius 1 is 1.22 bits per heavy atom. The van der Waals surface area contributed by atoms with E-state index in [1.165, 1.54) is 16.7 Å². The van der Waals surface area contributed by atoms with E-state index in [2.05, 4.69) is 54.3 Å². The van der Waals surface area contributed by atoms with Crippen molar-refractivity contribution in [2.24, 2.45) is 5.92 Å². The minimum absolute atomic E-state index is 0.0274. The van der Waals surface area contributed by atoms with Gasteiger partial charge in [-0.3, -0.25) is 9.69 Å². The number of allylic oxidation sites excluding steroid dienone is 3. The van der Waals surface area contributed by atoms with Gasteiger partial charge in [0.1, 0.15) is 18.6 Å². The molecule has 1 saturated heterocycles. The monoisotopic (exact) mass is 519 g/mol. The summed E-state index contributed by atoms with van der Waals surface area (Å²) in [5.74, 6) is 1.60. The second kappa shape index (κ2) is 11.0. The van der Waals surface area contributed by atoms with E-state index in [0.717, 1.165) is 19.4 Å². The topological polar surface area (TPSA) is 77.7 Å². The van der Waals surface area contributed by atoms with Crippen molar-refractivity contribution in [2.75, 3.05) is 32.9 Å². The zero-order valence-corrected chi connectivity index (χ0v) is 21.8. The third-order valence-corrected chi connectivity index (χ3v) is 7.57. The standard InChI is InChI=1S/C29H30ClN3O4/c1-20-6-3-4-7-23(20)24-8-5-11-29(21(24)2,19-36-26-10-9-22(18-34)16-25(26)30)28-31-27(37-32-28)17-33-12-14-35-15-13-33/h3-11,16,18,21H,12-15,17,19H2,1-2H3. The quantitative estimate of drug-likeness (QED) is 0.374. The van der Waals surface area contributed by atoms with Crippen molar-refractivity contribution in [3.63, 3.8) is 0 Å². The number of carbonyl (C=O) groups is 1. The second-order valence-electron chi connectivity index (χ2n) is 9.55. The van der Waals surface area contributed by atoms with Crippen LogP contribution < -0.4 is 4.74 Å². The molecule has 0 radical (unpaired) electrons. The molecule has 2 heterocycles. The predicted molar refractivity (Wildman–Crippen MR) is 142 cm³/mol. The average molecular weight is 520 g/mol. The summed E-state index contributed by atoms with van der Waals surface area (Å²) in [5, 5.41) is 4.84. The van der Waals surface area contributed by atoms with Crippen LogP contribution >= 0.6 is 11.6 Å². The lowest BCUT2D eigenvalue weighted by Crippen LogP contribution is -2.41. The van der Waals surface area contributed by atoms with Gasteiger partial charge >= 0.3 is 0 Å². The molecule has 0 bridgehead atoms. The lowest BCUT2D eigenvalue weighted by molar-refractivity contribution is 0.0297. The molecule has 2 aliphatic rings. The molecule has 0 saturated carbocycles. The van der Waals surface area contributed by atoms with Crippen molar-refractivity contribution < 1.29 is 18.8 Å². The molecule has 1 aliphatic heterocycles. The Bertz CT molecular complexity index is 1330. The molecule has 1 fully saturated rings. The molecular formula is C29H30ClN3O4. The highest BCUT2D eigenvalue weighted by atomic mass is 35.5. The fourth-order valence-corrected chi connectivity index (χ4v) is 5.22. The van der Waals surface area contributed by atoms with E-state index in [0.29, 0.717) is 47.8 Å². The summed E-state index contributed by atoms with van der Waals surface area (Å²) in [6.45, 7) is 8.16. The van der Waals surface area contributed by atoms with Gasteiger partial charge in [-0.1, -0.05) is 66.2 Å². The van der Waals surface area contributed by atoms with E-state index < -0.39 is 5.41 Å². The molecule has 37 heavy (non-hydrogen) atoms. The summed E-state index contributed by atoms with van der Waals surface area (Å²) in [4.78, 5) is 18.3. The summed E-state index contributed by atoms with van der Waals surface area (Å²) in [7, 11) is 0. The number of hydrogen-bond donors (Lipinski definition) is 0. The van der Waals surface area contributed by atoms with Crippen LogP contribution in [0.3, 0.4) is 0 Å². The predicted octanol–water partition coefficient (Wildman–Crippen LogP) is 5.28. The van der Waals surface area contributed by atoms with Crippen LogP contribution in [-0.2, 0) is 16.7 Å². The Kier molecular flexibility index (Phi) is 7.55. The Hall–Kier alpha value is -3.26. The van der Waals surface area contributed by atoms with E-state index in [-0.39, 0.29) is 12.5 Å². The third-order valence-electron chi connectivity index (χ3n) is 7.27. The van der Waals surface area contributed by atoms with Crippen molar-refractivity contribution in [3.05, 3.63) is 94.1 Å². The molecule has 1 aliphatic carbocycles. The molecule has 0 spiro atoms. The van der Waals surface area contributed by atoms with Crippen molar-refractivity contribution in [3.8, 4) is 5.75 Å². The lowest BCUT2D eigenvalue weighted by Gasteiger charge is -2.37. The van der Waals surface area contributed by atoms with Crippen molar-refractivity contribution in [2.45, 2.75) is 25.8 Å². The number of ether oxygens (including phenoxy) is 2. The molecule has 2 unspecified atom stereocenters. The van der Waals surface area contributed by atoms with Gasteiger partial charge in [-0.25, -0.2) is 0 Å². The molecule has 8 heteroatoms. The average Bonchev–Trinajstić information content (AvgIpc) is 3.39. The van der Waals surface area contributed by atoms with Crippen LogP contribution in [0.25, 0.3) is 5.57 Å². The van der Waals surface area contributed by atoms with Gasteiger partial charge in [0.15, 0.2) is 5.82 Å². The molecule has 7 nitrogen and oxygen atoms in total. The summed E-state index contributed by atoms with van der Waals surface area (Å²) in [6.07, 6.45) is 7.04. The highest BCUT2D eigenvalue weighted by molar-refractivity contribution is 6.32. The van der Waals surface area contributed by atoms with Crippen LogP contribution in [0.5, 0.6) is 5.75 Å². The number of aryl methyl sites for hydroxylation is 1. The Morgan fingerprint density at radius 3 is 2.78 bits per heavy atom. The number of carbonyl (C=O) groups excluding carboxylic acids is 1. The van der Waals surface area contributed by atoms with Crippen LogP contribution in [0, 0.1) is 12.8 Å². The number of morpholine rings is 1. The van der Waals surface area contributed by atoms with E-state index in [9.17, 15) is 4.79 Å². The van der Waals surface area contributed by atoms with Gasteiger partial charge in [-0.2, -0.15) is 4.98 Å². The lowest BCUT2D eigenvalue weighted by atomic mass is 9.68. The summed E-state index contributed by atoms with van der Waals surface area (Å²) in [5.41, 5.74) is 3.33. The highest BCUT2D eigenvalue weighted by Gasteiger charge is 2.44. The highest BCUT2D eigenvalue weighted by Crippen LogP contribution is 2.44. The normalized spacial score (nSPS) is 22.0. The van der Waals surface area contributed by atoms with E-state index in [1.807, 2.05) is 12.1 Å². The molecule has 0 N–H and O–H groups in total. The first kappa shape index (κ1) is 25.4. The molecule has 2 atom stereocenters. The van der Waals surface area contributed by atoms with Crippen molar-refractivity contribution in [1.82, 2.24) is 15.0 Å². The third kappa shape index (κ3) is 5.25. The maximum absolute atomic E-state index is 11.1. The van der Waals surface area contributed by atoms with Crippen LogP contribution in [-0.4, -0.2) is 54.2 Å². The fraction of sp³-hybridized carbons (Fsp3) is 0.345. The van der Waals surface area contributed by atoms with Crippen LogP contribution in [0.15, 0.2) is 65.2 Å². The van der Waals surface area contributed by atoms with E-state index >= 15 is 0 Å². The van der Waals surface area contributed by atoms with Gasteiger partial charge < -0.3 is 14.0 Å². The first-order valence-electron chi connectivity index (χ1n) is 12.5. The number of aromatic nitrogens is 2. The summed E-state index contributed by atoms with van der Waals surface area (Å²) >= 11 is 6.43. The Morgan fingerprint density at radius 2 is 2.03 bits per heavy atom. The zero-order chi connectivity index (χ0) is 25.8. The van der Waals surface area contributed by atoms with Gasteiger partial charge in [0.2, 0.25) is 5.89 Å². The number of hydrogen-bond acceptors (Lipinski definition) is 7. The molecular weight excluding hydrogens is 490 g/mol. The van der Waals surface area contributed by atoms with Gasteiger partial charge in [0.25, 0.3) is 0 Å². The maximum atomic E-state index is 11.1. The second-order valence-corrected chi connectivity index (χ2v) is 9.96. The summed E-state index contributed by atoms with van der Waals surface area (Å²) < 4.78 is 17.5. The zero-order valence-electron chi connectivity index (χ0n) is 21.0. The van der Waals surface area contributed by atoms with Gasteiger partial charge in [-0.05, 0) is 41.8 Å². The van der Waals surface area contributed by atoms with Crippen molar-refractivity contribution in [1.29, 1.82) is 0 Å². The molecule has 192 valence electrons. The fourth-order valence-electron chi connectivity index (χ4n) is 4.98. The first-order valence-corrected chi connectivity index (χ1v) is 12.8. The number of halogens is 1. The van der Waals surface area contributed by atoms with Crippen LogP contribution in [0.1, 0.15) is 40.1 Å². The maximum Gasteiger partial charge on any atom is 0.240 e. The molecule has 0 amide bonds. The minimum atomic E-state index is -0.703. The Labute approximate surface area is 221 Å². The number of benzene rings is 2. The van der Waals surface area contributed by atoms with Gasteiger partial charge in [-0.15, -0.1) is 0 Å². The number of aldehydes is 1. The molecule has 2 aromatic carbocycles. The largest absolute Gasteiger partial charge is 0.491 e. The van der Waals surface area contributed by atoms with Crippen LogP contribution in [0.2, 0.25) is 5.02 Å². The summed E-state index contributed by atoms with van der Waals surface area (Å²) in [6, 6.07) is 13.4. The minimum Gasteiger partial charge on any atom is -0.491 e. The van der Waals surface area contributed by atoms with E-state index in [1.54, 1.807) is 18.2 Å². The van der Waals surface area contributed by atoms with Gasteiger partial charge in [0, 0.05) is 24.6 Å². The molecule has 5 rings (SSSR count). The van der Waals surface area contributed by atoms with Gasteiger partial charge in [0.05, 0.1) is 30.2 Å². The molecule has 1 aromatic heterocycles. The Balaban J connectivity index is 1.49. The number of rotatable bonds is 8.